The third kappa shape index (κ3) is 9.55. The molecule has 11 heteroatoms. The van der Waals surface area contributed by atoms with Crippen LogP contribution in [0.3, 0.4) is 0 Å². The Bertz CT molecular complexity index is 1330. The SMILES string of the molecule is CCCCOC(=O)N1CCC[C@H]1C(=O)Nc1ccc(/C=C/c2ccc(NC(=O)[C@@H]3C[C@H](N)CN3C(=O)OCCCC)cc2)cc1. The number of carbonyl (C=O) groups excluding carboxylic acids is 4. The van der Waals surface area contributed by atoms with E-state index < -0.39 is 24.3 Å². The molecule has 2 aliphatic rings. The summed E-state index contributed by atoms with van der Waals surface area (Å²) >= 11 is 0. The van der Waals surface area contributed by atoms with E-state index in [1.54, 1.807) is 12.1 Å². The number of hydrogen-bond acceptors (Lipinski definition) is 7. The van der Waals surface area contributed by atoms with E-state index in [9.17, 15) is 19.2 Å². The van der Waals surface area contributed by atoms with Crippen molar-refractivity contribution >= 4 is 47.5 Å². The van der Waals surface area contributed by atoms with E-state index in [1.807, 2.05) is 62.4 Å². The zero-order valence-corrected chi connectivity index (χ0v) is 26.2. The number of hydrogen-bond donors (Lipinski definition) is 3. The number of amides is 4. The number of rotatable bonds is 12. The minimum absolute atomic E-state index is 0.217. The van der Waals surface area contributed by atoms with Crippen LogP contribution in [0.2, 0.25) is 0 Å². The molecule has 0 bridgehead atoms. The molecule has 2 aliphatic heterocycles. The molecule has 0 unspecified atom stereocenters. The van der Waals surface area contributed by atoms with E-state index in [0.29, 0.717) is 44.0 Å². The number of likely N-dealkylation sites (tertiary alicyclic amines) is 2. The van der Waals surface area contributed by atoms with Gasteiger partial charge in [-0.15, -0.1) is 0 Å². The highest BCUT2D eigenvalue weighted by atomic mass is 16.6. The minimum atomic E-state index is -0.675. The first kappa shape index (κ1) is 33.5. The predicted molar refractivity (Wildman–Crippen MR) is 174 cm³/mol. The molecule has 2 aromatic rings. The molecule has 2 fully saturated rings. The molecule has 11 nitrogen and oxygen atoms in total. The van der Waals surface area contributed by atoms with Crippen LogP contribution in [0.15, 0.2) is 48.5 Å². The van der Waals surface area contributed by atoms with Crippen LogP contribution in [-0.4, -0.2) is 78.2 Å². The second-order valence-electron chi connectivity index (χ2n) is 11.5. The van der Waals surface area contributed by atoms with Gasteiger partial charge < -0.3 is 25.8 Å². The van der Waals surface area contributed by atoms with Crippen molar-refractivity contribution in [3.05, 3.63) is 59.7 Å². The van der Waals surface area contributed by atoms with Gasteiger partial charge in [-0.25, -0.2) is 9.59 Å². The van der Waals surface area contributed by atoms with Crippen molar-refractivity contribution in [3.63, 3.8) is 0 Å². The van der Waals surface area contributed by atoms with Gasteiger partial charge >= 0.3 is 12.2 Å². The molecule has 0 aromatic heterocycles. The second-order valence-corrected chi connectivity index (χ2v) is 11.5. The number of nitrogens with zero attached hydrogens (tertiary/aromatic N) is 2. The fourth-order valence-electron chi connectivity index (χ4n) is 5.35. The van der Waals surface area contributed by atoms with Crippen molar-refractivity contribution in [1.29, 1.82) is 0 Å². The highest BCUT2D eigenvalue weighted by molar-refractivity contribution is 5.98. The summed E-state index contributed by atoms with van der Waals surface area (Å²) in [6.45, 7) is 5.53. The third-order valence-corrected chi connectivity index (χ3v) is 7.93. The summed E-state index contributed by atoms with van der Waals surface area (Å²) in [4.78, 5) is 53.7. The first-order chi connectivity index (χ1) is 21.8. The Morgan fingerprint density at radius 1 is 0.778 bits per heavy atom. The lowest BCUT2D eigenvalue weighted by molar-refractivity contribution is -0.120. The topological polar surface area (TPSA) is 143 Å². The van der Waals surface area contributed by atoms with Crippen molar-refractivity contribution in [2.75, 3.05) is 36.9 Å². The smallest absolute Gasteiger partial charge is 0.410 e. The zero-order valence-electron chi connectivity index (χ0n) is 26.2. The molecule has 0 aliphatic carbocycles. The lowest BCUT2D eigenvalue weighted by atomic mass is 10.1. The summed E-state index contributed by atoms with van der Waals surface area (Å²) < 4.78 is 10.6. The Morgan fingerprint density at radius 3 is 1.78 bits per heavy atom. The van der Waals surface area contributed by atoms with E-state index >= 15 is 0 Å². The molecule has 45 heavy (non-hydrogen) atoms. The number of anilines is 2. The van der Waals surface area contributed by atoms with Crippen LogP contribution in [0.25, 0.3) is 12.2 Å². The van der Waals surface area contributed by atoms with Crippen molar-refractivity contribution in [2.45, 2.75) is 76.9 Å². The Balaban J connectivity index is 1.27. The van der Waals surface area contributed by atoms with Crippen molar-refractivity contribution in [1.82, 2.24) is 9.80 Å². The zero-order chi connectivity index (χ0) is 32.2. The van der Waals surface area contributed by atoms with Gasteiger partial charge in [-0.1, -0.05) is 63.1 Å². The maximum atomic E-state index is 13.0. The Kier molecular flexibility index (Phi) is 12.4. The van der Waals surface area contributed by atoms with Gasteiger partial charge in [-0.05, 0) is 67.5 Å². The van der Waals surface area contributed by atoms with Crippen LogP contribution in [0, 0.1) is 0 Å². The van der Waals surface area contributed by atoms with Crippen LogP contribution in [0.4, 0.5) is 21.0 Å². The minimum Gasteiger partial charge on any atom is -0.449 e. The quantitative estimate of drug-likeness (QED) is 0.211. The summed E-state index contributed by atoms with van der Waals surface area (Å²) in [7, 11) is 0. The molecular weight excluding hydrogens is 574 g/mol. The van der Waals surface area contributed by atoms with E-state index in [-0.39, 0.29) is 24.4 Å². The van der Waals surface area contributed by atoms with Crippen molar-refractivity contribution in [2.24, 2.45) is 5.73 Å². The maximum Gasteiger partial charge on any atom is 0.410 e. The molecule has 4 N–H and O–H groups in total. The summed E-state index contributed by atoms with van der Waals surface area (Å²) in [6, 6.07) is 13.4. The molecule has 3 atom stereocenters. The number of unbranched alkanes of at least 4 members (excludes halogenated alkanes) is 2. The number of nitrogens with one attached hydrogen (secondary N) is 2. The fraction of sp³-hybridized carbons (Fsp3) is 0.471. The Morgan fingerprint density at radius 2 is 1.27 bits per heavy atom. The molecule has 242 valence electrons. The largest absolute Gasteiger partial charge is 0.449 e. The highest BCUT2D eigenvalue weighted by Crippen LogP contribution is 2.23. The lowest BCUT2D eigenvalue weighted by Crippen LogP contribution is -2.43. The number of nitrogens with two attached hydrogens (primary N) is 1. The van der Waals surface area contributed by atoms with Crippen LogP contribution in [0.5, 0.6) is 0 Å². The summed E-state index contributed by atoms with van der Waals surface area (Å²) in [5.74, 6) is -0.510. The molecule has 4 amide bonds. The summed E-state index contributed by atoms with van der Waals surface area (Å²) in [6.07, 6.45) is 8.14. The average molecular weight is 620 g/mol. The van der Waals surface area contributed by atoms with Crippen LogP contribution < -0.4 is 16.4 Å². The van der Waals surface area contributed by atoms with E-state index in [2.05, 4.69) is 10.6 Å². The Hall–Kier alpha value is -4.38. The van der Waals surface area contributed by atoms with Gasteiger partial charge in [0.15, 0.2) is 0 Å². The molecule has 2 saturated heterocycles. The van der Waals surface area contributed by atoms with Gasteiger partial charge in [-0.3, -0.25) is 19.4 Å². The van der Waals surface area contributed by atoms with Crippen LogP contribution >= 0.6 is 0 Å². The van der Waals surface area contributed by atoms with Gasteiger partial charge in [0.2, 0.25) is 11.8 Å². The van der Waals surface area contributed by atoms with E-state index in [4.69, 9.17) is 15.2 Å². The van der Waals surface area contributed by atoms with Gasteiger partial charge in [0, 0.05) is 30.5 Å². The number of benzene rings is 2. The van der Waals surface area contributed by atoms with Gasteiger partial charge in [0.1, 0.15) is 12.1 Å². The Labute approximate surface area is 265 Å². The molecule has 0 radical (unpaired) electrons. The molecule has 0 saturated carbocycles. The standard InChI is InChI=1S/C34H45N5O6/c1-3-5-20-44-33(42)38-19-7-8-29(38)31(40)36-27-15-11-24(12-16-27)9-10-25-13-17-28(18-14-25)37-32(41)30-22-26(35)23-39(30)34(43)45-21-6-4-2/h9-18,26,29-30H,3-8,19-23,35H2,1-2H3,(H,36,40)(H,37,41)/b10-9+/t26-,29-,30-/m0/s1. The van der Waals surface area contributed by atoms with Gasteiger partial charge in [-0.2, -0.15) is 0 Å². The monoisotopic (exact) mass is 619 g/mol. The molecular formula is C34H45N5O6. The predicted octanol–water partition coefficient (Wildman–Crippen LogP) is 5.47. The van der Waals surface area contributed by atoms with Gasteiger partial charge in [0.25, 0.3) is 0 Å². The van der Waals surface area contributed by atoms with Crippen molar-refractivity contribution < 1.29 is 28.7 Å². The third-order valence-electron chi connectivity index (χ3n) is 7.93. The molecule has 2 aromatic carbocycles. The van der Waals surface area contributed by atoms with Gasteiger partial charge in [0.05, 0.1) is 13.2 Å². The first-order valence-electron chi connectivity index (χ1n) is 15.9. The fourth-order valence-corrected chi connectivity index (χ4v) is 5.35. The maximum absolute atomic E-state index is 13.0. The average Bonchev–Trinajstić information content (AvgIpc) is 3.69. The normalized spacial score (nSPS) is 19.5. The lowest BCUT2D eigenvalue weighted by Gasteiger charge is -2.23. The number of carbonyl (C=O) groups is 4. The second kappa shape index (κ2) is 16.6. The molecule has 4 rings (SSSR count). The van der Waals surface area contributed by atoms with Crippen molar-refractivity contribution in [3.8, 4) is 0 Å². The number of ether oxygens (including phenoxy) is 2. The summed E-state index contributed by atoms with van der Waals surface area (Å²) in [5.41, 5.74) is 9.20. The van der Waals surface area contributed by atoms with Crippen LogP contribution in [0.1, 0.15) is 69.9 Å². The molecule has 0 spiro atoms. The summed E-state index contributed by atoms with van der Waals surface area (Å²) in [5, 5.41) is 5.81. The van der Waals surface area contributed by atoms with Crippen LogP contribution in [-0.2, 0) is 19.1 Å². The molecule has 2 heterocycles. The van der Waals surface area contributed by atoms with E-state index in [1.165, 1.54) is 9.80 Å². The highest BCUT2D eigenvalue weighted by Gasteiger charge is 2.39. The van der Waals surface area contributed by atoms with E-state index in [0.717, 1.165) is 43.2 Å². The first-order valence-corrected chi connectivity index (χ1v) is 15.9.